The zero-order valence-electron chi connectivity index (χ0n) is 9.56. The quantitative estimate of drug-likeness (QED) is 0.575. The number of aliphatic hydroxyl groups excluding tert-OH is 1. The zero-order chi connectivity index (χ0) is 12.1. The molecular weight excluding hydrogens is 214 g/mol. The fourth-order valence-corrected chi connectivity index (χ4v) is 1.92. The summed E-state index contributed by atoms with van der Waals surface area (Å²) in [4.78, 5) is 10.7. The van der Waals surface area contributed by atoms with Crippen molar-refractivity contribution in [3.05, 3.63) is 0 Å². The number of carboxylic acid groups (broad SMARTS) is 1. The van der Waals surface area contributed by atoms with Gasteiger partial charge >= 0.3 is 5.97 Å². The topological polar surface area (TPSA) is 83.5 Å². The van der Waals surface area contributed by atoms with Gasteiger partial charge in [0.2, 0.25) is 0 Å². The molecule has 0 aliphatic heterocycles. The molecule has 90 valence electrons. The van der Waals surface area contributed by atoms with Gasteiger partial charge in [0.25, 0.3) is 0 Å². The van der Waals surface area contributed by atoms with Crippen molar-refractivity contribution >= 4 is 17.7 Å². The Kier molecular flexibility index (Phi) is 6.24. The smallest absolute Gasteiger partial charge is 0.323 e. The highest BCUT2D eigenvalue weighted by Crippen LogP contribution is 2.18. The predicted molar refractivity (Wildman–Crippen MR) is 63.1 cm³/mol. The summed E-state index contributed by atoms with van der Waals surface area (Å²) < 4.78 is 0. The first-order chi connectivity index (χ1) is 6.77. The Morgan fingerprint density at radius 2 is 2.07 bits per heavy atom. The monoisotopic (exact) mass is 235 g/mol. The fourth-order valence-electron chi connectivity index (χ4n) is 0.955. The van der Waals surface area contributed by atoms with Gasteiger partial charge in [0, 0.05) is 5.25 Å². The molecule has 3 atom stereocenters. The number of carboxylic acids is 1. The molecule has 4 N–H and O–H groups in total. The van der Waals surface area contributed by atoms with E-state index in [0.717, 1.165) is 12.2 Å². The molecule has 0 heterocycles. The first-order valence-electron chi connectivity index (χ1n) is 5.09. The van der Waals surface area contributed by atoms with Crippen molar-refractivity contribution in [3.8, 4) is 0 Å². The number of aliphatic hydroxyl groups is 1. The molecule has 3 unspecified atom stereocenters. The van der Waals surface area contributed by atoms with Crippen LogP contribution in [0.25, 0.3) is 0 Å². The van der Waals surface area contributed by atoms with Gasteiger partial charge in [-0.1, -0.05) is 6.92 Å². The van der Waals surface area contributed by atoms with E-state index in [2.05, 4.69) is 0 Å². The van der Waals surface area contributed by atoms with E-state index in [1.807, 2.05) is 6.92 Å². The van der Waals surface area contributed by atoms with Crippen LogP contribution in [0.1, 0.15) is 33.6 Å². The van der Waals surface area contributed by atoms with Gasteiger partial charge in [-0.2, -0.15) is 11.8 Å². The van der Waals surface area contributed by atoms with Gasteiger partial charge < -0.3 is 15.9 Å². The van der Waals surface area contributed by atoms with Crippen LogP contribution >= 0.6 is 11.8 Å². The van der Waals surface area contributed by atoms with Gasteiger partial charge in [0.1, 0.15) is 5.54 Å². The highest BCUT2D eigenvalue weighted by Gasteiger charge is 2.26. The third kappa shape index (κ3) is 6.02. The summed E-state index contributed by atoms with van der Waals surface area (Å²) in [5, 5.41) is 18.2. The molecule has 0 amide bonds. The molecule has 0 bridgehead atoms. The number of hydrogen-bond donors (Lipinski definition) is 3. The number of thioether (sulfide) groups is 1. The van der Waals surface area contributed by atoms with Crippen molar-refractivity contribution in [1.29, 1.82) is 0 Å². The normalized spacial score (nSPS) is 19.3. The van der Waals surface area contributed by atoms with E-state index in [1.165, 1.54) is 6.92 Å². The average molecular weight is 235 g/mol. The lowest BCUT2D eigenvalue weighted by atomic mass is 9.98. The van der Waals surface area contributed by atoms with Gasteiger partial charge in [-0.25, -0.2) is 0 Å². The van der Waals surface area contributed by atoms with Gasteiger partial charge in [-0.3, -0.25) is 4.79 Å². The SMILES string of the molecule is CC(O)C(C)SCCCC(C)(N)C(=O)O. The third-order valence-corrected chi connectivity index (χ3v) is 3.83. The molecule has 0 aromatic carbocycles. The van der Waals surface area contributed by atoms with E-state index < -0.39 is 11.5 Å². The summed E-state index contributed by atoms with van der Waals surface area (Å²) >= 11 is 1.64. The molecule has 0 fully saturated rings. The molecule has 0 saturated carbocycles. The Bertz CT molecular complexity index is 207. The second kappa shape index (κ2) is 6.35. The molecule has 0 saturated heterocycles. The highest BCUT2D eigenvalue weighted by molar-refractivity contribution is 7.99. The molecule has 0 radical (unpaired) electrons. The number of hydrogen-bond acceptors (Lipinski definition) is 4. The lowest BCUT2D eigenvalue weighted by Gasteiger charge is -2.19. The minimum absolute atomic E-state index is 0.179. The van der Waals surface area contributed by atoms with Crippen LogP contribution in [0.4, 0.5) is 0 Å². The van der Waals surface area contributed by atoms with Gasteiger partial charge in [-0.05, 0) is 32.4 Å². The number of nitrogens with two attached hydrogens (primary N) is 1. The van der Waals surface area contributed by atoms with Crippen LogP contribution < -0.4 is 5.73 Å². The zero-order valence-corrected chi connectivity index (χ0v) is 10.4. The number of aliphatic carboxylic acids is 1. The molecule has 0 aromatic heterocycles. The largest absolute Gasteiger partial charge is 0.480 e. The predicted octanol–water partition coefficient (Wildman–Crippen LogP) is 1.07. The van der Waals surface area contributed by atoms with E-state index in [-0.39, 0.29) is 11.4 Å². The second-order valence-electron chi connectivity index (χ2n) is 4.14. The Balaban J connectivity index is 3.68. The van der Waals surface area contributed by atoms with Crippen LogP contribution in [0, 0.1) is 0 Å². The van der Waals surface area contributed by atoms with Crippen molar-refractivity contribution in [3.63, 3.8) is 0 Å². The summed E-state index contributed by atoms with van der Waals surface area (Å²) in [6.07, 6.45) is 0.877. The van der Waals surface area contributed by atoms with E-state index in [0.29, 0.717) is 6.42 Å². The van der Waals surface area contributed by atoms with Crippen LogP contribution in [0.2, 0.25) is 0 Å². The summed E-state index contributed by atoms with van der Waals surface area (Å²) in [7, 11) is 0. The molecule has 0 aromatic rings. The third-order valence-electron chi connectivity index (χ3n) is 2.39. The van der Waals surface area contributed by atoms with Gasteiger partial charge in [-0.15, -0.1) is 0 Å². The standard InChI is InChI=1S/C10H21NO3S/c1-7(12)8(2)15-6-4-5-10(3,11)9(13)14/h7-8,12H,4-6,11H2,1-3H3,(H,13,14). The van der Waals surface area contributed by atoms with E-state index >= 15 is 0 Å². The minimum Gasteiger partial charge on any atom is -0.480 e. The first kappa shape index (κ1) is 14.7. The van der Waals surface area contributed by atoms with Crippen LogP contribution in [0.5, 0.6) is 0 Å². The summed E-state index contributed by atoms with van der Waals surface area (Å²) in [5.41, 5.74) is 4.45. The summed E-state index contributed by atoms with van der Waals surface area (Å²) in [6.45, 7) is 5.23. The molecule has 0 spiro atoms. The van der Waals surface area contributed by atoms with E-state index in [4.69, 9.17) is 10.8 Å². The molecule has 0 aliphatic carbocycles. The maximum atomic E-state index is 10.7. The number of rotatable bonds is 7. The molecule has 4 nitrogen and oxygen atoms in total. The Morgan fingerprint density at radius 3 is 2.47 bits per heavy atom. The summed E-state index contributed by atoms with van der Waals surface area (Å²) in [6, 6.07) is 0. The van der Waals surface area contributed by atoms with Crippen molar-refractivity contribution in [1.82, 2.24) is 0 Å². The Hall–Kier alpha value is -0.260. The van der Waals surface area contributed by atoms with Crippen molar-refractivity contribution in [2.24, 2.45) is 5.73 Å². The lowest BCUT2D eigenvalue weighted by molar-refractivity contribution is -0.142. The maximum absolute atomic E-state index is 10.7. The van der Waals surface area contributed by atoms with Gasteiger partial charge in [0.15, 0.2) is 0 Å². The Labute approximate surface area is 95.2 Å². The fraction of sp³-hybridized carbons (Fsp3) is 0.900. The lowest BCUT2D eigenvalue weighted by Crippen LogP contribution is -2.44. The van der Waals surface area contributed by atoms with Crippen LogP contribution in [-0.2, 0) is 4.79 Å². The first-order valence-corrected chi connectivity index (χ1v) is 6.14. The molecule has 0 aliphatic rings. The van der Waals surface area contributed by atoms with Crippen molar-refractivity contribution in [2.45, 2.75) is 50.5 Å². The van der Waals surface area contributed by atoms with Gasteiger partial charge in [0.05, 0.1) is 6.10 Å². The maximum Gasteiger partial charge on any atom is 0.323 e. The van der Waals surface area contributed by atoms with Crippen LogP contribution in [-0.4, -0.2) is 38.8 Å². The van der Waals surface area contributed by atoms with E-state index in [1.54, 1.807) is 18.7 Å². The molecule has 15 heavy (non-hydrogen) atoms. The highest BCUT2D eigenvalue weighted by atomic mass is 32.2. The molecule has 5 heteroatoms. The summed E-state index contributed by atoms with van der Waals surface area (Å²) in [5.74, 6) is -0.136. The Morgan fingerprint density at radius 1 is 1.53 bits per heavy atom. The molecular formula is C10H21NO3S. The van der Waals surface area contributed by atoms with Crippen LogP contribution in [0.3, 0.4) is 0 Å². The van der Waals surface area contributed by atoms with Crippen LogP contribution in [0.15, 0.2) is 0 Å². The van der Waals surface area contributed by atoms with Crippen molar-refractivity contribution < 1.29 is 15.0 Å². The minimum atomic E-state index is -1.13. The average Bonchev–Trinajstić information content (AvgIpc) is 2.11. The molecule has 0 rings (SSSR count). The van der Waals surface area contributed by atoms with E-state index in [9.17, 15) is 9.90 Å². The second-order valence-corrected chi connectivity index (χ2v) is 5.63. The van der Waals surface area contributed by atoms with Crippen molar-refractivity contribution in [2.75, 3.05) is 5.75 Å². The number of carbonyl (C=O) groups is 1.